The maximum atomic E-state index is 5.80. The van der Waals surface area contributed by atoms with Crippen LogP contribution >= 0.6 is 0 Å². The Morgan fingerprint density at radius 1 is 1.44 bits per heavy atom. The molecule has 0 amide bonds. The first-order chi connectivity index (χ1) is 8.74. The van der Waals surface area contributed by atoms with Gasteiger partial charge >= 0.3 is 0 Å². The molecule has 0 aromatic carbocycles. The second kappa shape index (κ2) is 6.16. The number of hydrogen-bond acceptors (Lipinski definition) is 4. The summed E-state index contributed by atoms with van der Waals surface area (Å²) in [5.74, 6) is 0.704. The number of nitrogens with zero attached hydrogens (tertiary/aromatic N) is 2. The molecule has 2 rings (SSSR count). The van der Waals surface area contributed by atoms with E-state index in [-0.39, 0.29) is 0 Å². The number of piperidine rings is 1. The van der Waals surface area contributed by atoms with Crippen molar-refractivity contribution in [3.63, 3.8) is 0 Å². The molecule has 1 saturated heterocycles. The van der Waals surface area contributed by atoms with Gasteiger partial charge < -0.3 is 15.4 Å². The van der Waals surface area contributed by atoms with Crippen LogP contribution in [0.1, 0.15) is 24.1 Å². The van der Waals surface area contributed by atoms with E-state index in [9.17, 15) is 0 Å². The molecule has 4 heteroatoms. The van der Waals surface area contributed by atoms with Crippen molar-refractivity contribution in [2.75, 3.05) is 31.7 Å². The quantitative estimate of drug-likeness (QED) is 0.882. The van der Waals surface area contributed by atoms with Crippen LogP contribution in [0.3, 0.4) is 0 Å². The van der Waals surface area contributed by atoms with E-state index in [1.165, 1.54) is 18.5 Å². The zero-order chi connectivity index (χ0) is 13.0. The Kier molecular flexibility index (Phi) is 4.55. The van der Waals surface area contributed by atoms with Gasteiger partial charge in [0.2, 0.25) is 0 Å². The van der Waals surface area contributed by atoms with E-state index in [1.54, 1.807) is 7.11 Å². The molecule has 0 saturated carbocycles. The van der Waals surface area contributed by atoms with Gasteiger partial charge in [0.25, 0.3) is 0 Å². The van der Waals surface area contributed by atoms with Gasteiger partial charge in [-0.05, 0) is 31.7 Å². The molecule has 18 heavy (non-hydrogen) atoms. The molecule has 0 radical (unpaired) electrons. The van der Waals surface area contributed by atoms with Crippen molar-refractivity contribution in [3.8, 4) is 0 Å². The summed E-state index contributed by atoms with van der Waals surface area (Å²) in [4.78, 5) is 6.76. The van der Waals surface area contributed by atoms with Crippen molar-refractivity contribution in [1.29, 1.82) is 0 Å². The summed E-state index contributed by atoms with van der Waals surface area (Å²) in [7, 11) is 1.78. The molecule has 0 spiro atoms. The van der Waals surface area contributed by atoms with E-state index in [1.807, 2.05) is 13.1 Å². The molecule has 2 N–H and O–H groups in total. The fourth-order valence-electron chi connectivity index (χ4n) is 2.60. The average molecular weight is 249 g/mol. The summed E-state index contributed by atoms with van der Waals surface area (Å²) in [6.07, 6.45) is 4.30. The van der Waals surface area contributed by atoms with E-state index in [2.05, 4.69) is 16.0 Å². The van der Waals surface area contributed by atoms with E-state index in [4.69, 9.17) is 10.5 Å². The monoisotopic (exact) mass is 249 g/mol. The first-order valence-corrected chi connectivity index (χ1v) is 6.64. The highest BCUT2D eigenvalue weighted by Gasteiger charge is 2.20. The van der Waals surface area contributed by atoms with Crippen molar-refractivity contribution in [1.82, 2.24) is 4.98 Å². The third-order valence-electron chi connectivity index (χ3n) is 3.68. The molecule has 2 heterocycles. The number of pyridine rings is 1. The van der Waals surface area contributed by atoms with Crippen molar-refractivity contribution >= 4 is 5.69 Å². The maximum absolute atomic E-state index is 5.80. The molecule has 1 fully saturated rings. The van der Waals surface area contributed by atoms with Gasteiger partial charge in [-0.25, -0.2) is 0 Å². The highest BCUT2D eigenvalue weighted by atomic mass is 16.5. The van der Waals surface area contributed by atoms with Gasteiger partial charge in [-0.15, -0.1) is 0 Å². The molecule has 0 aliphatic carbocycles. The van der Waals surface area contributed by atoms with Crippen molar-refractivity contribution in [3.05, 3.63) is 23.5 Å². The van der Waals surface area contributed by atoms with Crippen molar-refractivity contribution in [2.45, 2.75) is 26.3 Å². The normalized spacial score (nSPS) is 17.2. The van der Waals surface area contributed by atoms with Gasteiger partial charge in [0, 0.05) is 56.5 Å². The van der Waals surface area contributed by atoms with Gasteiger partial charge in [0.15, 0.2) is 0 Å². The Morgan fingerprint density at radius 3 is 2.78 bits per heavy atom. The SMILES string of the molecule is COCC1CCN(c2cc(C)ncc2CN)CC1. The average Bonchev–Trinajstić information content (AvgIpc) is 2.40. The largest absolute Gasteiger partial charge is 0.384 e. The summed E-state index contributed by atoms with van der Waals surface area (Å²) in [6, 6.07) is 2.15. The summed E-state index contributed by atoms with van der Waals surface area (Å²) in [5.41, 5.74) is 9.26. The van der Waals surface area contributed by atoms with Crippen LogP contribution in [0, 0.1) is 12.8 Å². The first kappa shape index (κ1) is 13.3. The minimum Gasteiger partial charge on any atom is -0.384 e. The first-order valence-electron chi connectivity index (χ1n) is 6.64. The van der Waals surface area contributed by atoms with Gasteiger partial charge in [0.05, 0.1) is 0 Å². The van der Waals surface area contributed by atoms with Crippen LogP contribution in [-0.4, -0.2) is 31.8 Å². The number of hydrogen-bond donors (Lipinski definition) is 1. The summed E-state index contributed by atoms with van der Waals surface area (Å²) in [6.45, 7) is 5.64. The van der Waals surface area contributed by atoms with E-state index < -0.39 is 0 Å². The van der Waals surface area contributed by atoms with Crippen LogP contribution in [0.2, 0.25) is 0 Å². The molecular weight excluding hydrogens is 226 g/mol. The third-order valence-corrected chi connectivity index (χ3v) is 3.68. The Bertz CT molecular complexity index is 387. The third kappa shape index (κ3) is 3.00. The Labute approximate surface area is 109 Å². The van der Waals surface area contributed by atoms with Gasteiger partial charge in [-0.2, -0.15) is 0 Å². The zero-order valence-electron chi connectivity index (χ0n) is 11.4. The van der Waals surface area contributed by atoms with Crippen molar-refractivity contribution < 1.29 is 4.74 Å². The lowest BCUT2D eigenvalue weighted by Gasteiger charge is -2.34. The highest BCUT2D eigenvalue weighted by Crippen LogP contribution is 2.26. The lowest BCUT2D eigenvalue weighted by molar-refractivity contribution is 0.139. The Balaban J connectivity index is 2.06. The molecule has 100 valence electrons. The maximum Gasteiger partial charge on any atom is 0.0491 e. The summed E-state index contributed by atoms with van der Waals surface area (Å²) < 4.78 is 5.24. The number of anilines is 1. The predicted octanol–water partition coefficient (Wildman–Crippen LogP) is 1.71. The lowest BCUT2D eigenvalue weighted by atomic mass is 9.97. The minimum atomic E-state index is 0.556. The van der Waals surface area contributed by atoms with Crippen LogP contribution < -0.4 is 10.6 Å². The summed E-state index contributed by atoms with van der Waals surface area (Å²) >= 11 is 0. The number of nitrogens with two attached hydrogens (primary N) is 1. The second-order valence-electron chi connectivity index (χ2n) is 5.04. The lowest BCUT2D eigenvalue weighted by Crippen LogP contribution is -2.35. The molecule has 0 atom stereocenters. The fraction of sp³-hybridized carbons (Fsp3) is 0.643. The van der Waals surface area contributed by atoms with Crippen LogP contribution in [-0.2, 0) is 11.3 Å². The van der Waals surface area contributed by atoms with Crippen LogP contribution in [0.4, 0.5) is 5.69 Å². The van der Waals surface area contributed by atoms with Gasteiger partial charge in [-0.1, -0.05) is 0 Å². The van der Waals surface area contributed by atoms with Gasteiger partial charge in [0.1, 0.15) is 0 Å². The molecule has 0 unspecified atom stereocenters. The number of aryl methyl sites for hydroxylation is 1. The number of aromatic nitrogens is 1. The minimum absolute atomic E-state index is 0.556. The number of ether oxygens (including phenoxy) is 1. The smallest absolute Gasteiger partial charge is 0.0491 e. The van der Waals surface area contributed by atoms with Crippen molar-refractivity contribution in [2.24, 2.45) is 11.7 Å². The molecule has 1 aromatic heterocycles. The molecule has 0 bridgehead atoms. The molecular formula is C14H23N3O. The van der Waals surface area contributed by atoms with Gasteiger partial charge in [-0.3, -0.25) is 4.98 Å². The zero-order valence-corrected chi connectivity index (χ0v) is 11.4. The van der Waals surface area contributed by atoms with E-state index in [0.29, 0.717) is 12.5 Å². The second-order valence-corrected chi connectivity index (χ2v) is 5.04. The number of rotatable bonds is 4. The summed E-state index contributed by atoms with van der Waals surface area (Å²) in [5, 5.41) is 0. The topological polar surface area (TPSA) is 51.4 Å². The molecule has 1 aromatic rings. The molecule has 4 nitrogen and oxygen atoms in total. The molecule has 1 aliphatic heterocycles. The Hall–Kier alpha value is -1.13. The van der Waals surface area contributed by atoms with Crippen LogP contribution in [0.15, 0.2) is 12.3 Å². The van der Waals surface area contributed by atoms with E-state index in [0.717, 1.165) is 31.0 Å². The highest BCUT2D eigenvalue weighted by molar-refractivity contribution is 5.53. The fourth-order valence-corrected chi connectivity index (χ4v) is 2.60. The standard InChI is InChI=1S/C14H23N3O/c1-11-7-14(13(8-15)9-16-11)17-5-3-12(4-6-17)10-18-2/h7,9,12H,3-6,8,10,15H2,1-2H3. The predicted molar refractivity (Wildman–Crippen MR) is 73.7 cm³/mol. The van der Waals surface area contributed by atoms with Crippen LogP contribution in [0.25, 0.3) is 0 Å². The molecule has 1 aliphatic rings. The Morgan fingerprint density at radius 2 is 2.17 bits per heavy atom. The van der Waals surface area contributed by atoms with E-state index >= 15 is 0 Å². The van der Waals surface area contributed by atoms with Crippen LogP contribution in [0.5, 0.6) is 0 Å². The number of methoxy groups -OCH3 is 1.